The number of nitrogens with one attached hydrogen (secondary N) is 1. The first kappa shape index (κ1) is 16.5. The van der Waals surface area contributed by atoms with E-state index >= 15 is 0 Å². The van der Waals surface area contributed by atoms with Crippen molar-refractivity contribution >= 4 is 29.5 Å². The molecule has 0 atom stereocenters. The van der Waals surface area contributed by atoms with Crippen molar-refractivity contribution in [2.45, 2.75) is 6.61 Å². The monoisotopic (exact) mass is 333 g/mol. The number of hydrogen-bond acceptors (Lipinski definition) is 6. The molecular weight excluding hydrogens is 318 g/mol. The molecule has 1 aromatic heterocycles. The van der Waals surface area contributed by atoms with E-state index < -0.39 is 5.97 Å². The lowest BCUT2D eigenvalue weighted by molar-refractivity contribution is 0.0561. The molecule has 120 valence electrons. The Kier molecular flexibility index (Phi) is 5.70. The largest absolute Gasteiger partial charge is 0.485 e. The van der Waals surface area contributed by atoms with Gasteiger partial charge < -0.3 is 19.6 Å². The first-order valence-electron chi connectivity index (χ1n) is 6.57. The summed E-state index contributed by atoms with van der Waals surface area (Å²) in [6.07, 6.45) is 1.54. The van der Waals surface area contributed by atoms with Crippen LogP contribution in [0.15, 0.2) is 45.9 Å². The molecule has 1 heterocycles. The number of hydrogen-bond donors (Lipinski definition) is 2. The van der Waals surface area contributed by atoms with Gasteiger partial charge in [0.1, 0.15) is 18.1 Å². The van der Waals surface area contributed by atoms with Gasteiger partial charge in [0.2, 0.25) is 5.76 Å². The zero-order chi connectivity index (χ0) is 16.7. The average Bonchev–Trinajstić information content (AvgIpc) is 3.02. The van der Waals surface area contributed by atoms with Crippen LogP contribution in [0.4, 0.5) is 0 Å². The van der Waals surface area contributed by atoms with Crippen molar-refractivity contribution in [3.63, 3.8) is 0 Å². The van der Waals surface area contributed by atoms with Crippen LogP contribution in [-0.4, -0.2) is 24.4 Å². The number of esters is 1. The van der Waals surface area contributed by atoms with E-state index in [2.05, 4.69) is 27.5 Å². The minimum atomic E-state index is -0.535. The molecule has 0 unspecified atom stereocenters. The number of benzene rings is 1. The highest BCUT2D eigenvalue weighted by atomic mass is 32.1. The summed E-state index contributed by atoms with van der Waals surface area (Å²) in [7, 11) is 1.29. The van der Waals surface area contributed by atoms with Crippen molar-refractivity contribution < 1.29 is 18.7 Å². The summed E-state index contributed by atoms with van der Waals surface area (Å²) in [5.41, 5.74) is 8.50. The molecule has 2 rings (SSSR count). The Labute approximate surface area is 138 Å². The molecule has 23 heavy (non-hydrogen) atoms. The minimum Gasteiger partial charge on any atom is -0.485 e. The van der Waals surface area contributed by atoms with Gasteiger partial charge in [0.25, 0.3) is 0 Å². The lowest BCUT2D eigenvalue weighted by Crippen LogP contribution is -2.24. The van der Waals surface area contributed by atoms with Gasteiger partial charge in [0.15, 0.2) is 5.11 Å². The molecule has 2 aromatic rings. The number of para-hydroxylation sites is 1. The molecule has 0 amide bonds. The second-order valence-corrected chi connectivity index (χ2v) is 4.76. The number of rotatable bonds is 6. The standard InChI is InChI=1S/C15H15N3O4S/c1-20-14(19)13-7-6-11(22-13)9-21-12-5-3-2-4-10(12)8-17-18-15(16)23/h2-8H,9H2,1H3,(H3,16,18,23)/b17-8+. The van der Waals surface area contributed by atoms with Crippen LogP contribution in [0.25, 0.3) is 0 Å². The maximum absolute atomic E-state index is 11.3. The predicted molar refractivity (Wildman–Crippen MR) is 88.3 cm³/mol. The zero-order valence-electron chi connectivity index (χ0n) is 12.3. The van der Waals surface area contributed by atoms with Crippen molar-refractivity contribution in [1.82, 2.24) is 5.43 Å². The first-order chi connectivity index (χ1) is 11.1. The Morgan fingerprint density at radius 3 is 2.91 bits per heavy atom. The quantitative estimate of drug-likeness (QED) is 0.360. The number of hydrazone groups is 1. The highest BCUT2D eigenvalue weighted by Gasteiger charge is 2.11. The van der Waals surface area contributed by atoms with Gasteiger partial charge in [0.05, 0.1) is 13.3 Å². The van der Waals surface area contributed by atoms with Crippen molar-refractivity contribution in [1.29, 1.82) is 0 Å². The second kappa shape index (κ2) is 7.95. The number of furan rings is 1. The van der Waals surface area contributed by atoms with Gasteiger partial charge in [-0.15, -0.1) is 0 Å². The van der Waals surface area contributed by atoms with E-state index in [-0.39, 0.29) is 17.5 Å². The Hall–Kier alpha value is -2.87. The summed E-state index contributed by atoms with van der Waals surface area (Å²) in [5.74, 6) is 0.685. The minimum absolute atomic E-state index is 0.0746. The van der Waals surface area contributed by atoms with E-state index in [4.69, 9.17) is 14.9 Å². The summed E-state index contributed by atoms with van der Waals surface area (Å²) in [4.78, 5) is 11.3. The topological polar surface area (TPSA) is 99.1 Å². The van der Waals surface area contributed by atoms with Crippen LogP contribution < -0.4 is 15.9 Å². The number of carbonyl (C=O) groups excluding carboxylic acids is 1. The third kappa shape index (κ3) is 4.82. The van der Waals surface area contributed by atoms with Gasteiger partial charge in [-0.2, -0.15) is 5.10 Å². The summed E-state index contributed by atoms with van der Waals surface area (Å²) in [6.45, 7) is 0.157. The molecule has 0 aliphatic heterocycles. The van der Waals surface area contributed by atoms with E-state index in [1.165, 1.54) is 19.4 Å². The molecule has 7 nitrogen and oxygen atoms in total. The van der Waals surface area contributed by atoms with Crippen LogP contribution in [0.5, 0.6) is 5.75 Å². The van der Waals surface area contributed by atoms with Crippen molar-refractivity contribution in [2.75, 3.05) is 7.11 Å². The Bertz CT molecular complexity index is 727. The van der Waals surface area contributed by atoms with Crippen LogP contribution in [0.3, 0.4) is 0 Å². The van der Waals surface area contributed by atoms with E-state index in [9.17, 15) is 4.79 Å². The number of nitrogens with two attached hydrogens (primary N) is 1. The van der Waals surface area contributed by atoms with Gasteiger partial charge in [0, 0.05) is 5.56 Å². The van der Waals surface area contributed by atoms with Gasteiger partial charge in [-0.25, -0.2) is 4.79 Å². The van der Waals surface area contributed by atoms with E-state index in [0.717, 1.165) is 5.56 Å². The zero-order valence-corrected chi connectivity index (χ0v) is 13.1. The fraction of sp³-hybridized carbons (Fsp3) is 0.133. The Balaban J connectivity index is 2.03. The highest BCUT2D eigenvalue weighted by Crippen LogP contribution is 2.18. The van der Waals surface area contributed by atoms with Gasteiger partial charge in [-0.05, 0) is 36.5 Å². The fourth-order valence-electron chi connectivity index (χ4n) is 1.70. The lowest BCUT2D eigenvalue weighted by Gasteiger charge is -2.07. The van der Waals surface area contributed by atoms with Crippen molar-refractivity contribution in [2.24, 2.45) is 10.8 Å². The molecule has 0 aliphatic rings. The molecule has 8 heteroatoms. The van der Waals surface area contributed by atoms with E-state index in [0.29, 0.717) is 11.5 Å². The maximum atomic E-state index is 11.3. The smallest absolute Gasteiger partial charge is 0.373 e. The number of carbonyl (C=O) groups is 1. The number of ether oxygens (including phenoxy) is 2. The molecule has 0 saturated heterocycles. The van der Waals surface area contributed by atoms with Crippen LogP contribution in [-0.2, 0) is 11.3 Å². The van der Waals surface area contributed by atoms with Crippen LogP contribution in [0, 0.1) is 0 Å². The molecule has 0 aliphatic carbocycles. The van der Waals surface area contributed by atoms with Crippen LogP contribution >= 0.6 is 12.2 Å². The summed E-state index contributed by atoms with van der Waals surface area (Å²) in [6, 6.07) is 10.5. The third-order valence-corrected chi connectivity index (χ3v) is 2.81. The van der Waals surface area contributed by atoms with Gasteiger partial charge >= 0.3 is 5.97 Å². The Morgan fingerprint density at radius 1 is 1.39 bits per heavy atom. The fourth-order valence-corrected chi connectivity index (χ4v) is 1.75. The average molecular weight is 333 g/mol. The molecule has 0 fully saturated rings. The molecule has 0 radical (unpaired) electrons. The van der Waals surface area contributed by atoms with E-state index in [1.807, 2.05) is 18.2 Å². The van der Waals surface area contributed by atoms with Crippen LogP contribution in [0.2, 0.25) is 0 Å². The van der Waals surface area contributed by atoms with Crippen molar-refractivity contribution in [3.05, 3.63) is 53.5 Å². The van der Waals surface area contributed by atoms with Crippen molar-refractivity contribution in [3.8, 4) is 5.75 Å². The third-order valence-electron chi connectivity index (χ3n) is 2.72. The lowest BCUT2D eigenvalue weighted by atomic mass is 10.2. The first-order valence-corrected chi connectivity index (χ1v) is 6.98. The maximum Gasteiger partial charge on any atom is 0.373 e. The Morgan fingerprint density at radius 2 is 2.17 bits per heavy atom. The highest BCUT2D eigenvalue weighted by molar-refractivity contribution is 7.80. The normalized spacial score (nSPS) is 10.5. The molecule has 0 saturated carbocycles. The molecule has 1 aromatic carbocycles. The van der Waals surface area contributed by atoms with E-state index in [1.54, 1.807) is 12.1 Å². The van der Waals surface area contributed by atoms with Gasteiger partial charge in [-0.3, -0.25) is 5.43 Å². The summed E-state index contributed by atoms with van der Waals surface area (Å²) >= 11 is 4.66. The molecule has 3 N–H and O–H groups in total. The molecule has 0 bridgehead atoms. The molecular formula is C15H15N3O4S. The number of thiocarbonyl (C=S) groups is 1. The van der Waals surface area contributed by atoms with Gasteiger partial charge in [-0.1, -0.05) is 12.1 Å². The van der Waals surface area contributed by atoms with Crippen LogP contribution in [0.1, 0.15) is 21.9 Å². The summed E-state index contributed by atoms with van der Waals surface area (Å²) in [5, 5.41) is 3.96. The second-order valence-electron chi connectivity index (χ2n) is 4.32. The number of nitrogens with zero attached hydrogens (tertiary/aromatic N) is 1. The SMILES string of the molecule is COC(=O)c1ccc(COc2ccccc2/C=N/NC(N)=S)o1. The summed E-state index contributed by atoms with van der Waals surface area (Å²) < 4.78 is 15.6. The predicted octanol–water partition coefficient (Wildman–Crippen LogP) is 1.81. The number of methoxy groups -OCH3 is 1. The molecule has 0 spiro atoms.